The van der Waals surface area contributed by atoms with Gasteiger partial charge in [-0.3, -0.25) is 14.1 Å². The van der Waals surface area contributed by atoms with Crippen molar-refractivity contribution in [3.63, 3.8) is 0 Å². The van der Waals surface area contributed by atoms with E-state index in [4.69, 9.17) is 15.0 Å². The Morgan fingerprint density at radius 2 is 1.67 bits per heavy atom. The van der Waals surface area contributed by atoms with Crippen molar-refractivity contribution >= 4 is 55.8 Å². The molecule has 0 atom stereocenters. The van der Waals surface area contributed by atoms with Gasteiger partial charge in [0.15, 0.2) is 0 Å². The minimum atomic E-state index is 0.906. The fourth-order valence-electron chi connectivity index (χ4n) is 5.85. The van der Waals surface area contributed by atoms with E-state index < -0.39 is 0 Å². The van der Waals surface area contributed by atoms with Crippen LogP contribution in [0.3, 0.4) is 0 Å². The van der Waals surface area contributed by atoms with Gasteiger partial charge in [-0.05, 0) is 73.2 Å². The van der Waals surface area contributed by atoms with E-state index in [0.717, 1.165) is 64.6 Å². The SMILES string of the molecule is C1=CCCC(n2c3ccccc3c3cc4c(nc32)c2ncccc2n4-c2cc3c(cn2)C=CCC3)=C1. The molecule has 0 bridgehead atoms. The number of pyridine rings is 3. The van der Waals surface area contributed by atoms with Crippen LogP contribution in [0, 0.1) is 0 Å². The third-order valence-corrected chi connectivity index (χ3v) is 7.52. The molecule has 5 aromatic heterocycles. The largest absolute Gasteiger partial charge is 0.298 e. The first-order valence-corrected chi connectivity index (χ1v) is 12.6. The van der Waals surface area contributed by atoms with Crippen LogP contribution in [0.5, 0.6) is 0 Å². The summed E-state index contributed by atoms with van der Waals surface area (Å²) in [7, 11) is 0. The first-order chi connectivity index (χ1) is 17.9. The maximum Gasteiger partial charge on any atom is 0.146 e. The zero-order valence-corrected chi connectivity index (χ0v) is 19.7. The van der Waals surface area contributed by atoms with Gasteiger partial charge in [-0.2, -0.15) is 0 Å². The van der Waals surface area contributed by atoms with Gasteiger partial charge < -0.3 is 0 Å². The number of aromatic nitrogens is 5. The summed E-state index contributed by atoms with van der Waals surface area (Å²) in [5, 5.41) is 2.36. The lowest BCUT2D eigenvalue weighted by Gasteiger charge is -2.14. The summed E-state index contributed by atoms with van der Waals surface area (Å²) in [6.45, 7) is 0. The molecule has 1 aromatic carbocycles. The van der Waals surface area contributed by atoms with Gasteiger partial charge in [0.2, 0.25) is 0 Å². The van der Waals surface area contributed by atoms with Gasteiger partial charge in [0, 0.05) is 28.9 Å². The highest BCUT2D eigenvalue weighted by Crippen LogP contribution is 2.38. The normalized spacial score (nSPS) is 15.3. The highest BCUT2D eigenvalue weighted by atomic mass is 15.1. The Hall–Kier alpha value is -4.51. The molecule has 0 amide bonds. The highest BCUT2D eigenvalue weighted by molar-refractivity contribution is 6.15. The van der Waals surface area contributed by atoms with E-state index in [1.54, 1.807) is 0 Å². The molecule has 5 nitrogen and oxygen atoms in total. The first kappa shape index (κ1) is 19.8. The number of para-hydroxylation sites is 1. The average molecular weight is 466 g/mol. The molecule has 2 aliphatic carbocycles. The van der Waals surface area contributed by atoms with E-state index in [-0.39, 0.29) is 0 Å². The molecule has 0 radical (unpaired) electrons. The number of fused-ring (bicyclic) bond motifs is 7. The van der Waals surface area contributed by atoms with Crippen LogP contribution in [0.15, 0.2) is 85.2 Å². The van der Waals surface area contributed by atoms with Crippen molar-refractivity contribution in [3.05, 3.63) is 96.4 Å². The van der Waals surface area contributed by atoms with Gasteiger partial charge >= 0.3 is 0 Å². The van der Waals surface area contributed by atoms with Crippen LogP contribution in [0.1, 0.15) is 30.4 Å². The van der Waals surface area contributed by atoms with Crippen molar-refractivity contribution in [1.82, 2.24) is 24.1 Å². The lowest BCUT2D eigenvalue weighted by atomic mass is 9.99. The number of hydrogen-bond acceptors (Lipinski definition) is 3. The second kappa shape index (κ2) is 7.49. The Labute approximate surface area is 207 Å². The third-order valence-electron chi connectivity index (χ3n) is 7.52. The van der Waals surface area contributed by atoms with Gasteiger partial charge in [0.1, 0.15) is 22.5 Å². The molecule has 36 heavy (non-hydrogen) atoms. The number of allylic oxidation sites excluding steroid dienone is 5. The third kappa shape index (κ3) is 2.74. The van der Waals surface area contributed by atoms with E-state index in [0.29, 0.717) is 0 Å². The molecule has 5 heteroatoms. The minimum absolute atomic E-state index is 0.906. The van der Waals surface area contributed by atoms with Gasteiger partial charge in [-0.1, -0.05) is 42.5 Å². The maximum atomic E-state index is 5.33. The summed E-state index contributed by atoms with van der Waals surface area (Å²) in [6, 6.07) is 17.3. The highest BCUT2D eigenvalue weighted by Gasteiger charge is 2.21. The Bertz CT molecular complexity index is 1950. The van der Waals surface area contributed by atoms with Crippen LogP contribution in [0.25, 0.3) is 61.6 Å². The van der Waals surface area contributed by atoms with Crippen LogP contribution >= 0.6 is 0 Å². The number of rotatable bonds is 2. The van der Waals surface area contributed by atoms with Crippen molar-refractivity contribution in [2.75, 3.05) is 0 Å². The molecule has 172 valence electrons. The zero-order chi connectivity index (χ0) is 23.6. The summed E-state index contributed by atoms with van der Waals surface area (Å²) in [6.07, 6.45) is 19.0. The molecule has 8 rings (SSSR count). The van der Waals surface area contributed by atoms with Crippen LogP contribution < -0.4 is 0 Å². The first-order valence-electron chi connectivity index (χ1n) is 12.6. The van der Waals surface area contributed by atoms with Gasteiger partial charge in [-0.15, -0.1) is 0 Å². The summed E-state index contributed by atoms with van der Waals surface area (Å²) in [5.74, 6) is 0.919. The Morgan fingerprint density at radius 3 is 2.61 bits per heavy atom. The molecular formula is C31H23N5. The predicted molar refractivity (Wildman–Crippen MR) is 147 cm³/mol. The molecular weight excluding hydrogens is 442 g/mol. The van der Waals surface area contributed by atoms with Crippen molar-refractivity contribution < 1.29 is 0 Å². The molecule has 2 aliphatic rings. The van der Waals surface area contributed by atoms with Gasteiger partial charge in [-0.25, -0.2) is 9.97 Å². The molecule has 0 saturated heterocycles. The van der Waals surface area contributed by atoms with E-state index >= 15 is 0 Å². The molecule has 0 saturated carbocycles. The van der Waals surface area contributed by atoms with Crippen molar-refractivity contribution in [2.45, 2.75) is 25.7 Å². The van der Waals surface area contributed by atoms with Crippen molar-refractivity contribution in [2.24, 2.45) is 0 Å². The second-order valence-electron chi connectivity index (χ2n) is 9.59. The fraction of sp³-hybridized carbons (Fsp3) is 0.129. The lowest BCUT2D eigenvalue weighted by Crippen LogP contribution is -2.02. The maximum absolute atomic E-state index is 5.33. The second-order valence-corrected chi connectivity index (χ2v) is 9.59. The summed E-state index contributed by atoms with van der Waals surface area (Å²) in [4.78, 5) is 15.0. The Balaban J connectivity index is 1.50. The van der Waals surface area contributed by atoms with Crippen LogP contribution in [-0.4, -0.2) is 24.1 Å². The molecule has 5 heterocycles. The molecule has 0 aliphatic heterocycles. The van der Waals surface area contributed by atoms with Crippen LogP contribution in [0.2, 0.25) is 0 Å². The van der Waals surface area contributed by atoms with Crippen LogP contribution in [0.4, 0.5) is 0 Å². The monoisotopic (exact) mass is 465 g/mol. The summed E-state index contributed by atoms with van der Waals surface area (Å²) >= 11 is 0. The number of hydrogen-bond donors (Lipinski definition) is 0. The fourth-order valence-corrected chi connectivity index (χ4v) is 5.85. The lowest BCUT2D eigenvalue weighted by molar-refractivity contribution is 0.960. The smallest absolute Gasteiger partial charge is 0.146 e. The predicted octanol–water partition coefficient (Wildman–Crippen LogP) is 7.23. The molecule has 0 N–H and O–H groups in total. The van der Waals surface area contributed by atoms with Crippen molar-refractivity contribution in [3.8, 4) is 5.82 Å². The standard InChI is InChI=1S/C31H23N5/c1-2-11-22(12-3-1)35-25-14-7-6-13-23(25)24-18-27-30(34-31(24)35)29-26(15-8-16-32-29)36(27)28-17-20-9-4-5-10-21(20)19-33-28/h1-2,5-8,10-11,13-19H,3-4,9,12H2. The zero-order valence-electron chi connectivity index (χ0n) is 19.7. The Kier molecular flexibility index (Phi) is 4.11. The van der Waals surface area contributed by atoms with E-state index in [1.807, 2.05) is 18.5 Å². The number of aryl methyl sites for hydroxylation is 1. The van der Waals surface area contributed by atoms with Gasteiger partial charge in [0.25, 0.3) is 0 Å². The summed E-state index contributed by atoms with van der Waals surface area (Å²) in [5.41, 5.74) is 9.88. The van der Waals surface area contributed by atoms with E-state index in [9.17, 15) is 0 Å². The number of nitrogens with zero attached hydrogens (tertiary/aromatic N) is 5. The average Bonchev–Trinajstić information content (AvgIpc) is 3.44. The number of benzene rings is 1. The minimum Gasteiger partial charge on any atom is -0.298 e. The topological polar surface area (TPSA) is 48.5 Å². The van der Waals surface area contributed by atoms with Crippen molar-refractivity contribution in [1.29, 1.82) is 0 Å². The summed E-state index contributed by atoms with van der Waals surface area (Å²) < 4.78 is 4.57. The molecule has 0 fully saturated rings. The van der Waals surface area contributed by atoms with Gasteiger partial charge in [0.05, 0.1) is 16.6 Å². The Morgan fingerprint density at radius 1 is 0.750 bits per heavy atom. The van der Waals surface area contributed by atoms with E-state index in [2.05, 4.69) is 82.0 Å². The quantitative estimate of drug-likeness (QED) is 0.271. The molecule has 0 spiro atoms. The van der Waals surface area contributed by atoms with E-state index in [1.165, 1.54) is 27.7 Å². The van der Waals surface area contributed by atoms with Crippen LogP contribution in [-0.2, 0) is 6.42 Å². The molecule has 6 aromatic rings. The molecule has 0 unspecified atom stereocenters.